The molecule has 1 N–H and O–H groups in total. The second-order valence-corrected chi connectivity index (χ2v) is 4.88. The molecule has 0 radical (unpaired) electrons. The highest BCUT2D eigenvalue weighted by atomic mass is 35.5. The van der Waals surface area contributed by atoms with Crippen LogP contribution in [0.3, 0.4) is 0 Å². The maximum Gasteiger partial charge on any atom is 0.202 e. The van der Waals surface area contributed by atoms with Crippen molar-refractivity contribution in [1.29, 1.82) is 0 Å². The molecule has 0 saturated carbocycles. The number of allylic oxidation sites excluding steroid dienone is 1. The zero-order valence-electron chi connectivity index (χ0n) is 10.5. The maximum absolute atomic E-state index is 12.5. The first kappa shape index (κ1) is 12.8. The van der Waals surface area contributed by atoms with Gasteiger partial charge in [0.05, 0.1) is 15.8 Å². The van der Waals surface area contributed by atoms with Crippen LogP contribution >= 0.6 is 11.6 Å². The molecule has 4 heteroatoms. The second kappa shape index (κ2) is 4.69. The van der Waals surface area contributed by atoms with Gasteiger partial charge in [-0.3, -0.25) is 4.79 Å². The highest BCUT2D eigenvalue weighted by Crippen LogP contribution is 2.30. The third kappa shape index (κ3) is 1.79. The van der Waals surface area contributed by atoms with E-state index in [2.05, 4.69) is 6.58 Å². The Morgan fingerprint density at radius 1 is 1.30 bits per heavy atom. The van der Waals surface area contributed by atoms with Gasteiger partial charge in [0.1, 0.15) is 16.9 Å². The fourth-order valence-electron chi connectivity index (χ4n) is 2.31. The molecule has 3 nitrogen and oxygen atoms in total. The minimum absolute atomic E-state index is 0.0851. The molecular weight excluding hydrogens is 276 g/mol. The van der Waals surface area contributed by atoms with Crippen LogP contribution in [0.5, 0.6) is 5.75 Å². The second-order valence-electron chi connectivity index (χ2n) is 4.48. The molecule has 100 valence electrons. The molecule has 3 rings (SSSR count). The average Bonchev–Trinajstić information content (AvgIpc) is 2.42. The maximum atomic E-state index is 12.5. The van der Waals surface area contributed by atoms with E-state index >= 15 is 0 Å². The lowest BCUT2D eigenvalue weighted by Gasteiger charge is -2.08. The largest absolute Gasteiger partial charge is 0.508 e. The average molecular weight is 287 g/mol. The number of halogens is 1. The number of phenols is 1. The number of hydrogen-bond donors (Lipinski definition) is 1. The van der Waals surface area contributed by atoms with Gasteiger partial charge in [0.2, 0.25) is 5.43 Å². The van der Waals surface area contributed by atoms with E-state index < -0.39 is 0 Å². The van der Waals surface area contributed by atoms with Gasteiger partial charge in [-0.2, -0.15) is 0 Å². The summed E-state index contributed by atoms with van der Waals surface area (Å²) in [6.45, 7) is 3.65. The van der Waals surface area contributed by atoms with Gasteiger partial charge in [0, 0.05) is 5.56 Å². The van der Waals surface area contributed by atoms with E-state index in [0.717, 1.165) is 0 Å². The first-order chi connectivity index (χ1) is 9.63. The van der Waals surface area contributed by atoms with Crippen LogP contribution in [0.15, 0.2) is 52.2 Å². The fourth-order valence-corrected chi connectivity index (χ4v) is 2.56. The summed E-state index contributed by atoms with van der Waals surface area (Å²) < 4.78 is 5.78. The van der Waals surface area contributed by atoms with E-state index in [1.165, 1.54) is 6.07 Å². The minimum atomic E-state index is -0.197. The molecule has 2 aromatic carbocycles. The zero-order valence-corrected chi connectivity index (χ0v) is 11.3. The number of aromatic hydroxyl groups is 1. The number of rotatable bonds is 2. The molecule has 0 saturated heterocycles. The van der Waals surface area contributed by atoms with Crippen molar-refractivity contribution in [3.63, 3.8) is 0 Å². The Bertz CT molecular complexity index is 893. The molecule has 0 amide bonds. The van der Waals surface area contributed by atoms with Crippen LogP contribution in [-0.2, 0) is 6.42 Å². The first-order valence-corrected chi connectivity index (χ1v) is 6.48. The smallest absolute Gasteiger partial charge is 0.202 e. The molecule has 0 fully saturated rings. The van der Waals surface area contributed by atoms with E-state index in [4.69, 9.17) is 16.0 Å². The van der Waals surface area contributed by atoms with Crippen LogP contribution in [0.4, 0.5) is 0 Å². The van der Waals surface area contributed by atoms with Gasteiger partial charge in [0.15, 0.2) is 0 Å². The van der Waals surface area contributed by atoms with Gasteiger partial charge in [-0.05, 0) is 30.7 Å². The van der Waals surface area contributed by atoms with Crippen molar-refractivity contribution in [2.75, 3.05) is 0 Å². The predicted molar refractivity (Wildman–Crippen MR) is 80.6 cm³/mol. The Hall–Kier alpha value is -2.26. The molecule has 0 aliphatic carbocycles. The van der Waals surface area contributed by atoms with E-state index in [1.54, 1.807) is 30.3 Å². The summed E-state index contributed by atoms with van der Waals surface area (Å²) in [6, 6.07) is 8.09. The summed E-state index contributed by atoms with van der Waals surface area (Å²) in [6.07, 6.45) is 2.06. The molecule has 0 aliphatic rings. The number of phenolic OH excluding ortho intramolecular Hbond substituents is 1. The lowest BCUT2D eigenvalue weighted by molar-refractivity contribution is 0.469. The van der Waals surface area contributed by atoms with E-state index in [1.807, 2.05) is 0 Å². The highest BCUT2D eigenvalue weighted by Gasteiger charge is 2.15. The standard InChI is InChI=1S/C16H11ClO3/c1-2-4-9-12(18)8-7-10-15(19)14-11(17)5-3-6-13(14)20-16(9)10/h2-3,5-8,18H,1,4H2. The quantitative estimate of drug-likeness (QED) is 0.571. The molecule has 0 bridgehead atoms. The number of fused-ring (bicyclic) bond motifs is 2. The van der Waals surface area contributed by atoms with Crippen molar-refractivity contribution in [3.8, 4) is 5.75 Å². The van der Waals surface area contributed by atoms with Crippen LogP contribution in [0.1, 0.15) is 5.56 Å². The third-order valence-corrected chi connectivity index (χ3v) is 3.56. The van der Waals surface area contributed by atoms with Crippen molar-refractivity contribution in [1.82, 2.24) is 0 Å². The summed E-state index contributed by atoms with van der Waals surface area (Å²) in [7, 11) is 0. The van der Waals surface area contributed by atoms with Crippen LogP contribution < -0.4 is 5.43 Å². The Kier molecular flexibility index (Phi) is 2.99. The molecule has 0 spiro atoms. The summed E-state index contributed by atoms with van der Waals surface area (Å²) in [4.78, 5) is 12.5. The van der Waals surface area contributed by atoms with E-state index in [-0.39, 0.29) is 11.2 Å². The van der Waals surface area contributed by atoms with Crippen molar-refractivity contribution < 1.29 is 9.52 Å². The van der Waals surface area contributed by atoms with E-state index in [0.29, 0.717) is 38.9 Å². The first-order valence-electron chi connectivity index (χ1n) is 6.10. The highest BCUT2D eigenvalue weighted by molar-refractivity contribution is 6.35. The Morgan fingerprint density at radius 2 is 2.10 bits per heavy atom. The fraction of sp³-hybridized carbons (Fsp3) is 0.0625. The molecule has 0 unspecified atom stereocenters. The van der Waals surface area contributed by atoms with Gasteiger partial charge in [0.25, 0.3) is 0 Å². The van der Waals surface area contributed by atoms with Crippen LogP contribution in [0.25, 0.3) is 21.9 Å². The molecule has 3 aromatic rings. The van der Waals surface area contributed by atoms with Crippen LogP contribution in [-0.4, -0.2) is 5.11 Å². The van der Waals surface area contributed by atoms with E-state index in [9.17, 15) is 9.90 Å². The summed E-state index contributed by atoms with van der Waals surface area (Å²) >= 11 is 6.07. The molecule has 20 heavy (non-hydrogen) atoms. The van der Waals surface area contributed by atoms with Gasteiger partial charge in [-0.1, -0.05) is 23.7 Å². The monoisotopic (exact) mass is 286 g/mol. The van der Waals surface area contributed by atoms with Crippen molar-refractivity contribution in [3.05, 3.63) is 63.8 Å². The molecule has 1 heterocycles. The Balaban J connectivity index is 2.56. The number of benzene rings is 2. The van der Waals surface area contributed by atoms with Crippen LogP contribution in [0, 0.1) is 0 Å². The van der Waals surface area contributed by atoms with Gasteiger partial charge in [-0.15, -0.1) is 6.58 Å². The molecular formula is C16H11ClO3. The normalized spacial score (nSPS) is 11.1. The topological polar surface area (TPSA) is 50.4 Å². The molecule has 0 aliphatic heterocycles. The Labute approximate surface area is 119 Å². The van der Waals surface area contributed by atoms with Crippen LogP contribution in [0.2, 0.25) is 5.02 Å². The summed E-state index contributed by atoms with van der Waals surface area (Å²) in [5, 5.41) is 11.0. The predicted octanol–water partition coefficient (Wildman–Crippen LogP) is 4.03. The minimum Gasteiger partial charge on any atom is -0.508 e. The summed E-state index contributed by atoms with van der Waals surface area (Å²) in [5.74, 6) is 0.0851. The zero-order chi connectivity index (χ0) is 14.3. The van der Waals surface area contributed by atoms with Gasteiger partial charge >= 0.3 is 0 Å². The van der Waals surface area contributed by atoms with Crippen molar-refractivity contribution in [2.24, 2.45) is 0 Å². The summed E-state index contributed by atoms with van der Waals surface area (Å²) in [5.41, 5.74) is 1.14. The molecule has 0 atom stereocenters. The lowest BCUT2D eigenvalue weighted by atomic mass is 10.0. The Morgan fingerprint density at radius 3 is 2.85 bits per heavy atom. The lowest BCUT2D eigenvalue weighted by Crippen LogP contribution is -2.04. The SMILES string of the molecule is C=CCc1c(O)ccc2c(=O)c3c(Cl)cccc3oc12. The number of hydrogen-bond acceptors (Lipinski definition) is 3. The van der Waals surface area contributed by atoms with Gasteiger partial charge in [-0.25, -0.2) is 0 Å². The van der Waals surface area contributed by atoms with Gasteiger partial charge < -0.3 is 9.52 Å². The van der Waals surface area contributed by atoms with Crippen molar-refractivity contribution >= 4 is 33.5 Å². The third-order valence-electron chi connectivity index (χ3n) is 3.24. The molecule has 1 aromatic heterocycles. The van der Waals surface area contributed by atoms with Crippen molar-refractivity contribution in [2.45, 2.75) is 6.42 Å².